The number of carbonyl (C=O) groups is 3. The van der Waals surface area contributed by atoms with Crippen LogP contribution >= 0.6 is 0 Å². The van der Waals surface area contributed by atoms with Crippen LogP contribution in [0.4, 0.5) is 0 Å². The van der Waals surface area contributed by atoms with Crippen molar-refractivity contribution in [1.29, 1.82) is 0 Å². The molecule has 0 unspecified atom stereocenters. The first-order valence-electron chi connectivity index (χ1n) is 12.7. The van der Waals surface area contributed by atoms with Gasteiger partial charge in [-0.1, -0.05) is 30.3 Å². The second-order valence-electron chi connectivity index (χ2n) is 10.4. The van der Waals surface area contributed by atoms with Crippen molar-refractivity contribution in [1.82, 2.24) is 20.0 Å². The van der Waals surface area contributed by atoms with Crippen molar-refractivity contribution in [3.8, 4) is 11.5 Å². The quantitative estimate of drug-likeness (QED) is 0.528. The highest BCUT2D eigenvalue weighted by Gasteiger charge is 2.56. The van der Waals surface area contributed by atoms with Crippen LogP contribution in [0.3, 0.4) is 0 Å². The van der Waals surface area contributed by atoms with Crippen LogP contribution in [-0.4, -0.2) is 63.7 Å². The minimum atomic E-state index is -0.689. The molecule has 1 saturated heterocycles. The van der Waals surface area contributed by atoms with Gasteiger partial charge >= 0.3 is 0 Å². The molecule has 190 valence electrons. The number of aromatic nitrogens is 2. The Bertz CT molecular complexity index is 1440. The molecule has 2 aliphatic heterocycles. The first-order valence-corrected chi connectivity index (χ1v) is 12.7. The number of hydrogen-bond donors (Lipinski definition) is 2. The molecule has 3 fully saturated rings. The molecular weight excluding hydrogens is 474 g/mol. The van der Waals surface area contributed by atoms with Crippen LogP contribution in [-0.2, 0) is 16.1 Å². The van der Waals surface area contributed by atoms with Gasteiger partial charge in [0.1, 0.15) is 25.8 Å². The maximum Gasteiger partial charge on any atom is 0.269 e. The normalized spacial score (nSPS) is 27.0. The van der Waals surface area contributed by atoms with Crippen LogP contribution in [0.25, 0.3) is 10.9 Å². The van der Waals surface area contributed by atoms with E-state index in [9.17, 15) is 14.4 Å². The van der Waals surface area contributed by atoms with E-state index in [0.29, 0.717) is 53.9 Å². The van der Waals surface area contributed by atoms with Gasteiger partial charge in [0, 0.05) is 29.5 Å². The van der Waals surface area contributed by atoms with Crippen molar-refractivity contribution >= 4 is 28.6 Å². The van der Waals surface area contributed by atoms with Gasteiger partial charge in [0.25, 0.3) is 5.91 Å². The van der Waals surface area contributed by atoms with Crippen LogP contribution in [0.15, 0.2) is 42.5 Å². The van der Waals surface area contributed by atoms with E-state index >= 15 is 0 Å². The van der Waals surface area contributed by atoms with Crippen molar-refractivity contribution < 1.29 is 23.9 Å². The van der Waals surface area contributed by atoms with Gasteiger partial charge in [0.15, 0.2) is 17.2 Å². The summed E-state index contributed by atoms with van der Waals surface area (Å²) in [5.74, 6) is 0.745. The summed E-state index contributed by atoms with van der Waals surface area (Å²) >= 11 is 0. The van der Waals surface area contributed by atoms with Gasteiger partial charge in [-0.3, -0.25) is 19.1 Å². The summed E-state index contributed by atoms with van der Waals surface area (Å²) < 4.78 is 12.8. The van der Waals surface area contributed by atoms with Crippen LogP contribution in [0, 0.1) is 5.92 Å². The lowest BCUT2D eigenvalue weighted by Gasteiger charge is -2.27. The molecule has 7 rings (SSSR count). The Hall–Kier alpha value is -4.08. The van der Waals surface area contributed by atoms with Crippen molar-refractivity contribution in [2.75, 3.05) is 13.2 Å². The van der Waals surface area contributed by atoms with Gasteiger partial charge in [-0.25, -0.2) is 0 Å². The highest BCUT2D eigenvalue weighted by Crippen LogP contribution is 2.49. The molecule has 1 aromatic heterocycles. The maximum absolute atomic E-state index is 13.6. The lowest BCUT2D eigenvalue weighted by Crippen LogP contribution is -2.49. The summed E-state index contributed by atoms with van der Waals surface area (Å²) in [5, 5.41) is 8.04. The largest absolute Gasteiger partial charge is 0.486 e. The van der Waals surface area contributed by atoms with Gasteiger partial charge in [0.2, 0.25) is 11.8 Å². The summed E-state index contributed by atoms with van der Waals surface area (Å²) in [5.41, 5.74) is 7.44. The number of benzene rings is 2. The van der Waals surface area contributed by atoms with Gasteiger partial charge in [-0.15, -0.1) is 0 Å². The number of nitrogens with two attached hydrogens (primary N) is 1. The van der Waals surface area contributed by atoms with Crippen LogP contribution in [0.2, 0.25) is 0 Å². The predicted octanol–water partition coefficient (Wildman–Crippen LogP) is 1.57. The zero-order valence-corrected chi connectivity index (χ0v) is 20.1. The molecule has 2 aromatic carbocycles. The van der Waals surface area contributed by atoms with E-state index in [1.165, 1.54) is 10.2 Å². The van der Waals surface area contributed by atoms with E-state index in [4.69, 9.17) is 15.2 Å². The third kappa shape index (κ3) is 3.78. The van der Waals surface area contributed by atoms with Crippen LogP contribution in [0.5, 0.6) is 11.5 Å². The monoisotopic (exact) mass is 501 g/mol. The number of likely N-dealkylation sites (tertiary alicyclic amines) is 1. The Kier molecular flexibility index (Phi) is 4.92. The molecule has 3 heterocycles. The third-order valence-electron chi connectivity index (χ3n) is 7.97. The smallest absolute Gasteiger partial charge is 0.269 e. The average Bonchev–Trinajstić information content (AvgIpc) is 3.79. The van der Waals surface area contributed by atoms with Gasteiger partial charge in [0.05, 0.1) is 5.52 Å². The molecule has 3 N–H and O–H groups in total. The summed E-state index contributed by atoms with van der Waals surface area (Å²) in [7, 11) is 0. The number of hydrogen-bond acceptors (Lipinski definition) is 6. The Balaban J connectivity index is 1.11. The fourth-order valence-electron chi connectivity index (χ4n) is 5.97. The Morgan fingerprint density at radius 3 is 2.54 bits per heavy atom. The summed E-state index contributed by atoms with van der Waals surface area (Å²) in [4.78, 5) is 40.7. The maximum atomic E-state index is 13.6. The number of rotatable bonds is 6. The van der Waals surface area contributed by atoms with E-state index in [0.717, 1.165) is 12.8 Å². The molecule has 2 saturated carbocycles. The van der Waals surface area contributed by atoms with E-state index in [1.807, 2.05) is 18.2 Å². The minimum absolute atomic E-state index is 0.0699. The number of primary amides is 1. The lowest BCUT2D eigenvalue weighted by molar-refractivity contribution is -0.140. The third-order valence-corrected chi connectivity index (χ3v) is 7.97. The molecule has 0 radical (unpaired) electrons. The lowest BCUT2D eigenvalue weighted by atomic mass is 10.1. The summed E-state index contributed by atoms with van der Waals surface area (Å²) in [6.45, 7) is 0.714. The zero-order chi connectivity index (χ0) is 25.3. The zero-order valence-electron chi connectivity index (χ0n) is 20.1. The first-order chi connectivity index (χ1) is 18.0. The summed E-state index contributed by atoms with van der Waals surface area (Å²) in [6, 6.07) is 13.3. The molecule has 4 aliphatic rings. The number of nitrogens with zero attached hydrogens (tertiary/aromatic N) is 3. The fraction of sp³-hybridized carbons (Fsp3) is 0.407. The highest BCUT2D eigenvalue weighted by atomic mass is 16.6. The first kappa shape index (κ1) is 22.1. The molecule has 5 atom stereocenters. The van der Waals surface area contributed by atoms with Crippen molar-refractivity contribution in [2.24, 2.45) is 11.7 Å². The Morgan fingerprint density at radius 1 is 1.03 bits per heavy atom. The topological polar surface area (TPSA) is 129 Å². The molecule has 3 amide bonds. The SMILES string of the molecule is NC(=O)c1nn(CC(=O)N2[C@@H]3C[C@@H]3C[C@H]2C(=O)N[C@@H]2C[C@H]2c2ccccc2)c2cc3c(cc12)OCCO3. The molecule has 10 heteroatoms. The second kappa shape index (κ2) is 8.22. The molecular formula is C27H27N5O5. The van der Waals surface area contributed by atoms with E-state index in [-0.39, 0.29) is 36.1 Å². The van der Waals surface area contributed by atoms with Gasteiger partial charge in [-0.05, 0) is 36.8 Å². The number of carbonyl (C=O) groups excluding carboxylic acids is 3. The second-order valence-corrected chi connectivity index (χ2v) is 10.4. The minimum Gasteiger partial charge on any atom is -0.486 e. The van der Waals surface area contributed by atoms with Crippen molar-refractivity contribution in [3.05, 3.63) is 53.7 Å². The predicted molar refractivity (Wildman–Crippen MR) is 132 cm³/mol. The molecule has 0 bridgehead atoms. The Labute approximate surface area is 212 Å². The van der Waals surface area contributed by atoms with Crippen LogP contribution < -0.4 is 20.5 Å². The highest BCUT2D eigenvalue weighted by molar-refractivity contribution is 6.05. The number of nitrogens with one attached hydrogen (secondary N) is 1. The average molecular weight is 502 g/mol. The van der Waals surface area contributed by atoms with Crippen LogP contribution in [0.1, 0.15) is 41.2 Å². The molecule has 0 spiro atoms. The molecule has 37 heavy (non-hydrogen) atoms. The standard InChI is InChI=1S/C27H27N5O5/c28-26(34)25-17-11-22-23(37-7-6-36-22)12-20(17)31(30-25)13-24(33)32-19-8-15(19)9-21(32)27(35)29-18-10-16(18)14-4-2-1-3-5-14/h1-5,11-12,15-16,18-19,21H,6-10,13H2,(H2,28,34)(H,29,35)/t15-,16+,18-,19-,21+/m1/s1. The summed E-state index contributed by atoms with van der Waals surface area (Å²) in [6.07, 6.45) is 2.50. The number of piperidine rings is 1. The van der Waals surface area contributed by atoms with Gasteiger partial charge in [-0.2, -0.15) is 5.10 Å². The van der Waals surface area contributed by atoms with E-state index < -0.39 is 11.9 Å². The van der Waals surface area contributed by atoms with Crippen molar-refractivity contribution in [3.63, 3.8) is 0 Å². The molecule has 10 nitrogen and oxygen atoms in total. The molecule has 3 aromatic rings. The van der Waals surface area contributed by atoms with E-state index in [1.54, 1.807) is 17.0 Å². The number of amides is 3. The van der Waals surface area contributed by atoms with E-state index in [2.05, 4.69) is 22.5 Å². The molecule has 2 aliphatic carbocycles. The fourth-order valence-corrected chi connectivity index (χ4v) is 5.97. The number of ether oxygens (including phenoxy) is 2. The Morgan fingerprint density at radius 2 is 1.78 bits per heavy atom. The van der Waals surface area contributed by atoms with Gasteiger partial charge < -0.3 is 25.4 Å². The van der Waals surface area contributed by atoms with Crippen molar-refractivity contribution in [2.45, 2.75) is 49.9 Å². The number of fused-ring (bicyclic) bond motifs is 3.